The van der Waals surface area contributed by atoms with Gasteiger partial charge in [0.1, 0.15) is 5.82 Å². The summed E-state index contributed by atoms with van der Waals surface area (Å²) < 4.78 is 50.9. The molecular weight excluding hydrogens is 278 g/mol. The standard InChI is InChI=1S/C12H13F4N3O/c13-9-2-1-8(12(14,15)16)7-10(9)17-3-5-19-6-4-18-11(19)20/h1-2,7,17H,3-6H2,(H,18,20). The first-order valence-corrected chi connectivity index (χ1v) is 6.01. The first kappa shape index (κ1) is 14.4. The lowest BCUT2D eigenvalue weighted by Crippen LogP contribution is -2.32. The number of nitrogens with zero attached hydrogens (tertiary/aromatic N) is 1. The van der Waals surface area contributed by atoms with Crippen LogP contribution in [-0.4, -0.2) is 37.1 Å². The Morgan fingerprint density at radius 2 is 2.10 bits per heavy atom. The fourth-order valence-electron chi connectivity index (χ4n) is 1.89. The van der Waals surface area contributed by atoms with Crippen LogP contribution in [0.15, 0.2) is 18.2 Å². The summed E-state index contributed by atoms with van der Waals surface area (Å²) in [4.78, 5) is 12.7. The number of benzene rings is 1. The van der Waals surface area contributed by atoms with Crippen LogP contribution in [0.2, 0.25) is 0 Å². The van der Waals surface area contributed by atoms with Gasteiger partial charge in [-0.25, -0.2) is 9.18 Å². The van der Waals surface area contributed by atoms with Crippen molar-refractivity contribution in [3.8, 4) is 0 Å². The molecule has 2 rings (SSSR count). The van der Waals surface area contributed by atoms with E-state index in [2.05, 4.69) is 10.6 Å². The second kappa shape index (κ2) is 5.56. The molecule has 1 saturated heterocycles. The Kier molecular flexibility index (Phi) is 4.01. The van der Waals surface area contributed by atoms with E-state index >= 15 is 0 Å². The first-order chi connectivity index (χ1) is 9.38. The highest BCUT2D eigenvalue weighted by atomic mass is 19.4. The third-order valence-electron chi connectivity index (χ3n) is 2.94. The van der Waals surface area contributed by atoms with Gasteiger partial charge < -0.3 is 15.5 Å². The van der Waals surface area contributed by atoms with Gasteiger partial charge in [-0.15, -0.1) is 0 Å². The molecule has 0 radical (unpaired) electrons. The topological polar surface area (TPSA) is 44.4 Å². The maximum Gasteiger partial charge on any atom is 0.416 e. The molecule has 1 heterocycles. The highest BCUT2D eigenvalue weighted by molar-refractivity contribution is 5.76. The Bertz CT molecular complexity index is 504. The van der Waals surface area contributed by atoms with Crippen molar-refractivity contribution in [2.24, 2.45) is 0 Å². The normalized spacial score (nSPS) is 15.4. The van der Waals surface area contributed by atoms with E-state index in [-0.39, 0.29) is 18.3 Å². The van der Waals surface area contributed by atoms with Crippen molar-refractivity contribution in [1.29, 1.82) is 0 Å². The van der Waals surface area contributed by atoms with Crippen molar-refractivity contribution in [2.75, 3.05) is 31.5 Å². The van der Waals surface area contributed by atoms with Crippen molar-refractivity contribution in [3.63, 3.8) is 0 Å². The van der Waals surface area contributed by atoms with Crippen molar-refractivity contribution >= 4 is 11.7 Å². The number of carbonyl (C=O) groups excluding carboxylic acids is 1. The summed E-state index contributed by atoms with van der Waals surface area (Å²) in [5, 5.41) is 5.17. The van der Waals surface area contributed by atoms with Crippen LogP contribution in [-0.2, 0) is 6.18 Å². The molecule has 1 fully saturated rings. The molecule has 1 aromatic rings. The molecule has 0 atom stereocenters. The molecule has 0 saturated carbocycles. The second-order valence-corrected chi connectivity index (χ2v) is 4.34. The van der Waals surface area contributed by atoms with E-state index < -0.39 is 17.6 Å². The van der Waals surface area contributed by atoms with Crippen LogP contribution in [0.1, 0.15) is 5.56 Å². The molecule has 0 bridgehead atoms. The zero-order valence-electron chi connectivity index (χ0n) is 10.4. The van der Waals surface area contributed by atoms with Gasteiger partial charge in [-0.1, -0.05) is 0 Å². The summed E-state index contributed by atoms with van der Waals surface area (Å²) >= 11 is 0. The smallest absolute Gasteiger partial charge is 0.381 e. The van der Waals surface area contributed by atoms with Crippen molar-refractivity contribution < 1.29 is 22.4 Å². The molecule has 0 spiro atoms. The van der Waals surface area contributed by atoms with Crippen LogP contribution >= 0.6 is 0 Å². The van der Waals surface area contributed by atoms with Gasteiger partial charge in [-0.3, -0.25) is 0 Å². The Morgan fingerprint density at radius 3 is 2.70 bits per heavy atom. The molecule has 4 nitrogen and oxygen atoms in total. The fraction of sp³-hybridized carbons (Fsp3) is 0.417. The van der Waals surface area contributed by atoms with Crippen LogP contribution in [0.4, 0.5) is 28.0 Å². The zero-order valence-corrected chi connectivity index (χ0v) is 10.4. The van der Waals surface area contributed by atoms with Crippen molar-refractivity contribution in [3.05, 3.63) is 29.6 Å². The van der Waals surface area contributed by atoms with E-state index in [4.69, 9.17) is 0 Å². The van der Waals surface area contributed by atoms with E-state index in [0.29, 0.717) is 25.7 Å². The number of hydrogen-bond donors (Lipinski definition) is 2. The Labute approximate surface area is 112 Å². The number of carbonyl (C=O) groups is 1. The minimum atomic E-state index is -4.51. The monoisotopic (exact) mass is 291 g/mol. The van der Waals surface area contributed by atoms with Gasteiger partial charge in [0.25, 0.3) is 0 Å². The largest absolute Gasteiger partial charge is 0.416 e. The van der Waals surface area contributed by atoms with E-state index in [1.54, 1.807) is 0 Å². The Morgan fingerprint density at radius 1 is 1.35 bits per heavy atom. The molecule has 0 unspecified atom stereocenters. The summed E-state index contributed by atoms with van der Waals surface area (Å²) in [6.45, 7) is 1.54. The quantitative estimate of drug-likeness (QED) is 0.836. The summed E-state index contributed by atoms with van der Waals surface area (Å²) in [5.74, 6) is -0.760. The molecule has 0 aromatic heterocycles. The lowest BCUT2D eigenvalue weighted by atomic mass is 10.2. The van der Waals surface area contributed by atoms with E-state index in [1.807, 2.05) is 0 Å². The SMILES string of the molecule is O=C1NCCN1CCNc1cc(C(F)(F)F)ccc1F. The van der Waals surface area contributed by atoms with Crippen LogP contribution in [0.5, 0.6) is 0 Å². The minimum absolute atomic E-state index is 0.172. The average Bonchev–Trinajstić information content (AvgIpc) is 2.76. The number of anilines is 1. The third kappa shape index (κ3) is 3.31. The number of nitrogens with one attached hydrogen (secondary N) is 2. The maximum atomic E-state index is 13.4. The van der Waals surface area contributed by atoms with E-state index in [9.17, 15) is 22.4 Å². The molecule has 2 N–H and O–H groups in total. The van der Waals surface area contributed by atoms with Crippen LogP contribution in [0.25, 0.3) is 0 Å². The number of alkyl halides is 3. The molecule has 1 aliphatic rings. The Hall–Kier alpha value is -1.99. The van der Waals surface area contributed by atoms with Gasteiger partial charge >= 0.3 is 12.2 Å². The van der Waals surface area contributed by atoms with Crippen LogP contribution < -0.4 is 10.6 Å². The maximum absolute atomic E-state index is 13.4. The minimum Gasteiger partial charge on any atom is -0.381 e. The number of amides is 2. The van der Waals surface area contributed by atoms with E-state index in [1.165, 1.54) is 4.90 Å². The number of urea groups is 1. The lowest BCUT2D eigenvalue weighted by molar-refractivity contribution is -0.137. The summed E-state index contributed by atoms with van der Waals surface area (Å²) in [6.07, 6.45) is -4.51. The van der Waals surface area contributed by atoms with Gasteiger partial charge in [0.15, 0.2) is 0 Å². The molecule has 20 heavy (non-hydrogen) atoms. The van der Waals surface area contributed by atoms with Gasteiger partial charge in [0.2, 0.25) is 0 Å². The third-order valence-corrected chi connectivity index (χ3v) is 2.94. The summed E-state index contributed by atoms with van der Waals surface area (Å²) in [7, 11) is 0. The summed E-state index contributed by atoms with van der Waals surface area (Å²) in [5.41, 5.74) is -1.14. The van der Waals surface area contributed by atoms with Crippen LogP contribution in [0.3, 0.4) is 0 Å². The molecule has 110 valence electrons. The van der Waals surface area contributed by atoms with Gasteiger partial charge in [0.05, 0.1) is 11.3 Å². The molecule has 0 aliphatic carbocycles. The lowest BCUT2D eigenvalue weighted by Gasteiger charge is -2.16. The number of rotatable bonds is 4. The molecule has 8 heteroatoms. The summed E-state index contributed by atoms with van der Waals surface area (Å²) in [6, 6.07) is 1.96. The van der Waals surface area contributed by atoms with Gasteiger partial charge in [-0.05, 0) is 18.2 Å². The van der Waals surface area contributed by atoms with Crippen LogP contribution in [0, 0.1) is 5.82 Å². The molecule has 2 amide bonds. The number of hydrogen-bond acceptors (Lipinski definition) is 2. The second-order valence-electron chi connectivity index (χ2n) is 4.34. The van der Waals surface area contributed by atoms with Gasteiger partial charge in [0, 0.05) is 26.2 Å². The fourth-order valence-corrected chi connectivity index (χ4v) is 1.89. The average molecular weight is 291 g/mol. The van der Waals surface area contributed by atoms with Crippen molar-refractivity contribution in [2.45, 2.75) is 6.18 Å². The van der Waals surface area contributed by atoms with E-state index in [0.717, 1.165) is 12.1 Å². The molecule has 1 aromatic carbocycles. The molecular formula is C12H13F4N3O. The molecule has 1 aliphatic heterocycles. The highest BCUT2D eigenvalue weighted by Crippen LogP contribution is 2.31. The first-order valence-electron chi connectivity index (χ1n) is 6.01. The number of halogens is 4. The van der Waals surface area contributed by atoms with Gasteiger partial charge in [-0.2, -0.15) is 13.2 Å². The predicted molar refractivity (Wildman–Crippen MR) is 64.9 cm³/mol. The van der Waals surface area contributed by atoms with Crippen molar-refractivity contribution in [1.82, 2.24) is 10.2 Å². The predicted octanol–water partition coefficient (Wildman–Crippen LogP) is 2.28. The Balaban J connectivity index is 1.96. The zero-order chi connectivity index (χ0) is 14.8. The highest BCUT2D eigenvalue weighted by Gasteiger charge is 2.31.